The zero-order chi connectivity index (χ0) is 23.3. The fraction of sp³-hybridized carbons (Fsp3) is 0.688. The van der Waals surface area contributed by atoms with E-state index < -0.39 is 67.0 Å². The van der Waals surface area contributed by atoms with E-state index >= 15 is 0 Å². The Bertz CT molecular complexity index is 620. The normalized spacial score (nSPS) is 14.7. The number of thioether (sulfide) groups is 1. The standard InChI is InChI=1S/C16H29N5O8S/c1-30-5-4-9(16(28)29)19-14(26)11(7-23)21-15(27)10(6-22)20-13(25)8(17)2-3-12(18)24/h8-11,22-23H,2-7,17H2,1H3,(H2,18,24)(H,19,26)(H,20,25)(H,21,27)(H,28,29). The van der Waals surface area contributed by atoms with E-state index in [1.54, 1.807) is 6.26 Å². The number of carboxylic acids is 1. The van der Waals surface area contributed by atoms with E-state index in [0.717, 1.165) is 0 Å². The molecule has 13 nitrogen and oxygen atoms in total. The molecule has 0 aliphatic heterocycles. The van der Waals surface area contributed by atoms with Crippen LogP contribution in [0.2, 0.25) is 0 Å². The molecule has 4 amide bonds. The van der Waals surface area contributed by atoms with Gasteiger partial charge < -0.3 is 42.7 Å². The van der Waals surface area contributed by atoms with Crippen LogP contribution in [0.1, 0.15) is 19.3 Å². The van der Waals surface area contributed by atoms with Crippen molar-refractivity contribution in [2.24, 2.45) is 11.5 Å². The lowest BCUT2D eigenvalue weighted by molar-refractivity contribution is -0.142. The highest BCUT2D eigenvalue weighted by molar-refractivity contribution is 7.98. The first kappa shape index (κ1) is 27.6. The molecule has 0 bridgehead atoms. The van der Waals surface area contributed by atoms with Crippen LogP contribution in [0.15, 0.2) is 0 Å². The third-order valence-electron chi connectivity index (χ3n) is 3.89. The number of hydrogen-bond donors (Lipinski definition) is 8. The number of hydrogen-bond acceptors (Lipinski definition) is 9. The SMILES string of the molecule is CSCCC(NC(=O)C(CO)NC(=O)C(CO)NC(=O)C(N)CCC(N)=O)C(=O)O. The van der Waals surface area contributed by atoms with Gasteiger partial charge in [-0.1, -0.05) is 0 Å². The summed E-state index contributed by atoms with van der Waals surface area (Å²) in [6.07, 6.45) is 1.67. The minimum Gasteiger partial charge on any atom is -0.480 e. The molecule has 30 heavy (non-hydrogen) atoms. The topological polar surface area (TPSA) is 234 Å². The minimum absolute atomic E-state index is 0.0742. The molecule has 4 unspecified atom stereocenters. The lowest BCUT2D eigenvalue weighted by Crippen LogP contribution is -2.59. The molecule has 0 aromatic heterocycles. The molecule has 0 heterocycles. The highest BCUT2D eigenvalue weighted by Crippen LogP contribution is 2.02. The molecule has 0 fully saturated rings. The fourth-order valence-electron chi connectivity index (χ4n) is 2.13. The molecule has 0 rings (SSSR count). The second kappa shape index (κ2) is 14.5. The van der Waals surface area contributed by atoms with E-state index in [-0.39, 0.29) is 19.3 Å². The monoisotopic (exact) mass is 451 g/mol. The number of rotatable bonds is 15. The summed E-state index contributed by atoms with van der Waals surface area (Å²) in [4.78, 5) is 58.4. The van der Waals surface area contributed by atoms with E-state index in [4.69, 9.17) is 16.6 Å². The summed E-state index contributed by atoms with van der Waals surface area (Å²) in [6.45, 7) is -1.69. The quantitative estimate of drug-likeness (QED) is 0.120. The molecule has 14 heteroatoms. The van der Waals surface area contributed by atoms with Crippen molar-refractivity contribution in [1.82, 2.24) is 16.0 Å². The summed E-state index contributed by atoms with van der Waals surface area (Å²) in [7, 11) is 0. The smallest absolute Gasteiger partial charge is 0.326 e. The Kier molecular flexibility index (Phi) is 13.4. The summed E-state index contributed by atoms with van der Waals surface area (Å²) in [5, 5.41) is 34.4. The lowest BCUT2D eigenvalue weighted by Gasteiger charge is -2.23. The molecular weight excluding hydrogens is 422 g/mol. The van der Waals surface area contributed by atoms with E-state index in [1.165, 1.54) is 11.8 Å². The second-order valence-corrected chi connectivity index (χ2v) is 7.27. The third kappa shape index (κ3) is 10.4. The van der Waals surface area contributed by atoms with Crippen molar-refractivity contribution in [3.05, 3.63) is 0 Å². The van der Waals surface area contributed by atoms with Gasteiger partial charge in [-0.2, -0.15) is 11.8 Å². The zero-order valence-corrected chi connectivity index (χ0v) is 17.3. The van der Waals surface area contributed by atoms with E-state index in [0.29, 0.717) is 5.75 Å². The van der Waals surface area contributed by atoms with Crippen LogP contribution < -0.4 is 27.4 Å². The first-order valence-electron chi connectivity index (χ1n) is 8.95. The van der Waals surface area contributed by atoms with Crippen molar-refractivity contribution < 1.29 is 39.3 Å². The van der Waals surface area contributed by atoms with Crippen LogP contribution in [0, 0.1) is 0 Å². The molecule has 4 atom stereocenters. The first-order chi connectivity index (χ1) is 14.1. The van der Waals surface area contributed by atoms with Gasteiger partial charge in [0.1, 0.15) is 18.1 Å². The summed E-state index contributed by atoms with van der Waals surface area (Å²) in [5.74, 6) is -4.26. The van der Waals surface area contributed by atoms with Crippen LogP contribution in [-0.4, -0.2) is 94.3 Å². The maximum absolute atomic E-state index is 12.3. The predicted molar refractivity (Wildman–Crippen MR) is 107 cm³/mol. The number of carbonyl (C=O) groups excluding carboxylic acids is 4. The summed E-state index contributed by atoms with van der Waals surface area (Å²) < 4.78 is 0. The van der Waals surface area contributed by atoms with Gasteiger partial charge in [-0.15, -0.1) is 0 Å². The van der Waals surface area contributed by atoms with Gasteiger partial charge in [0.15, 0.2) is 0 Å². The van der Waals surface area contributed by atoms with Gasteiger partial charge in [0.05, 0.1) is 19.3 Å². The van der Waals surface area contributed by atoms with Crippen molar-refractivity contribution in [2.45, 2.75) is 43.4 Å². The molecule has 0 saturated carbocycles. The highest BCUT2D eigenvalue weighted by atomic mass is 32.2. The van der Waals surface area contributed by atoms with E-state index in [1.807, 2.05) is 0 Å². The molecule has 0 radical (unpaired) electrons. The Hall–Kier alpha value is -2.42. The zero-order valence-electron chi connectivity index (χ0n) is 16.5. The van der Waals surface area contributed by atoms with Crippen molar-refractivity contribution in [3.8, 4) is 0 Å². The average Bonchev–Trinajstić information content (AvgIpc) is 2.70. The summed E-state index contributed by atoms with van der Waals surface area (Å²) >= 11 is 1.38. The number of primary amides is 1. The predicted octanol–water partition coefficient (Wildman–Crippen LogP) is -4.14. The molecule has 0 aromatic rings. The maximum atomic E-state index is 12.3. The van der Waals surface area contributed by atoms with Crippen molar-refractivity contribution >= 4 is 41.4 Å². The van der Waals surface area contributed by atoms with Crippen LogP contribution in [0.3, 0.4) is 0 Å². The number of carboxylic acid groups (broad SMARTS) is 1. The van der Waals surface area contributed by atoms with Gasteiger partial charge in [0.25, 0.3) is 0 Å². The number of nitrogens with two attached hydrogens (primary N) is 2. The van der Waals surface area contributed by atoms with Gasteiger partial charge in [-0.05, 0) is 24.9 Å². The number of nitrogens with one attached hydrogen (secondary N) is 3. The van der Waals surface area contributed by atoms with E-state index in [2.05, 4.69) is 16.0 Å². The molecule has 0 aliphatic carbocycles. The molecule has 0 saturated heterocycles. The first-order valence-corrected chi connectivity index (χ1v) is 10.3. The molecule has 172 valence electrons. The summed E-state index contributed by atoms with van der Waals surface area (Å²) in [6, 6.07) is -5.38. The molecule has 0 spiro atoms. The largest absolute Gasteiger partial charge is 0.480 e. The van der Waals surface area contributed by atoms with Crippen molar-refractivity contribution in [1.29, 1.82) is 0 Å². The second-order valence-electron chi connectivity index (χ2n) is 6.28. The van der Waals surface area contributed by atoms with Crippen LogP contribution in [0.5, 0.6) is 0 Å². The molecule has 0 aliphatic rings. The fourth-order valence-corrected chi connectivity index (χ4v) is 2.60. The maximum Gasteiger partial charge on any atom is 0.326 e. The van der Waals surface area contributed by atoms with Crippen LogP contribution in [-0.2, 0) is 24.0 Å². The Morgan fingerprint density at radius 2 is 1.33 bits per heavy atom. The number of aliphatic hydroxyl groups is 2. The van der Waals surface area contributed by atoms with Crippen molar-refractivity contribution in [3.63, 3.8) is 0 Å². The Labute approximate surface area is 177 Å². The van der Waals surface area contributed by atoms with Crippen molar-refractivity contribution in [2.75, 3.05) is 25.2 Å². The number of carbonyl (C=O) groups is 5. The van der Waals surface area contributed by atoms with Gasteiger partial charge in [-0.25, -0.2) is 4.79 Å². The van der Waals surface area contributed by atoms with Gasteiger partial charge in [0.2, 0.25) is 23.6 Å². The number of aliphatic hydroxyl groups excluding tert-OH is 2. The Morgan fingerprint density at radius 1 is 0.867 bits per heavy atom. The molecule has 10 N–H and O–H groups in total. The van der Waals surface area contributed by atoms with Gasteiger partial charge >= 0.3 is 5.97 Å². The Morgan fingerprint density at radius 3 is 1.73 bits per heavy atom. The van der Waals surface area contributed by atoms with Crippen LogP contribution in [0.25, 0.3) is 0 Å². The average molecular weight is 452 g/mol. The number of amides is 4. The third-order valence-corrected chi connectivity index (χ3v) is 4.54. The van der Waals surface area contributed by atoms with E-state index in [9.17, 15) is 34.2 Å². The molecule has 0 aromatic carbocycles. The summed E-state index contributed by atoms with van der Waals surface area (Å²) in [5.41, 5.74) is 10.5. The van der Waals surface area contributed by atoms with Crippen LogP contribution >= 0.6 is 11.8 Å². The Balaban J connectivity index is 4.91. The van der Waals surface area contributed by atoms with Gasteiger partial charge in [0, 0.05) is 6.42 Å². The minimum atomic E-state index is -1.51. The highest BCUT2D eigenvalue weighted by Gasteiger charge is 2.29. The van der Waals surface area contributed by atoms with Crippen LogP contribution in [0.4, 0.5) is 0 Å². The molecular formula is C16H29N5O8S. The van der Waals surface area contributed by atoms with Gasteiger partial charge in [-0.3, -0.25) is 19.2 Å². The lowest BCUT2D eigenvalue weighted by atomic mass is 10.1. The number of aliphatic carboxylic acids is 1.